The topological polar surface area (TPSA) is 157 Å². The molecule has 3 aromatic carbocycles. The molecule has 39 heavy (non-hydrogen) atoms. The molecule has 10 nitrogen and oxygen atoms in total. The van der Waals surface area contributed by atoms with Gasteiger partial charge < -0.3 is 21.3 Å². The van der Waals surface area contributed by atoms with Crippen LogP contribution in [-0.4, -0.2) is 56.8 Å². The van der Waals surface area contributed by atoms with Gasteiger partial charge in [-0.15, -0.1) is 0 Å². The van der Waals surface area contributed by atoms with Crippen molar-refractivity contribution in [2.24, 2.45) is 11.7 Å². The number of benzene rings is 3. The summed E-state index contributed by atoms with van der Waals surface area (Å²) in [5.41, 5.74) is 6.45. The molecule has 2 amide bonds. The van der Waals surface area contributed by atoms with Crippen LogP contribution in [0.3, 0.4) is 0 Å². The zero-order valence-corrected chi connectivity index (χ0v) is 22.4. The molecule has 1 saturated heterocycles. The molecule has 3 aromatic rings. The monoisotopic (exact) mass is 550 g/mol. The van der Waals surface area contributed by atoms with Gasteiger partial charge in [-0.3, -0.25) is 15.0 Å². The smallest absolute Gasteiger partial charge is 0.241 e. The average molecular weight is 551 g/mol. The zero-order valence-electron chi connectivity index (χ0n) is 21.6. The van der Waals surface area contributed by atoms with Crippen LogP contribution in [0.15, 0.2) is 77.7 Å². The average Bonchev–Trinajstić information content (AvgIpc) is 2.94. The van der Waals surface area contributed by atoms with Crippen molar-refractivity contribution in [1.82, 2.24) is 20.3 Å². The van der Waals surface area contributed by atoms with Gasteiger partial charge >= 0.3 is 0 Å². The normalized spacial score (nSPS) is 16.4. The Morgan fingerprint density at radius 3 is 2.46 bits per heavy atom. The largest absolute Gasteiger partial charge is 0.370 e. The first-order valence-corrected chi connectivity index (χ1v) is 14.4. The standard InChI is InChI=1S/C28H34N6O4S/c29-28(30)34-14-6-9-21(19-34)18-31-26(35)16-25(27(36)32-17-20-7-2-1-3-8-20)33-39(37,38)24-13-12-22-10-4-5-11-23(22)15-24/h1-5,7-8,10-13,15,21,25,33H,6,9,14,16-19H2,(H3,29,30)(H,31,35)(H,32,36)/t21-,25+/m0/s1. The van der Waals surface area contributed by atoms with Crippen LogP contribution in [0.4, 0.5) is 0 Å². The lowest BCUT2D eigenvalue weighted by molar-refractivity contribution is -0.128. The summed E-state index contributed by atoms with van der Waals surface area (Å²) in [5.74, 6) is -0.940. The summed E-state index contributed by atoms with van der Waals surface area (Å²) in [5, 5.41) is 14.8. The van der Waals surface area contributed by atoms with Gasteiger partial charge in [0.25, 0.3) is 0 Å². The maximum absolute atomic E-state index is 13.3. The van der Waals surface area contributed by atoms with Crippen molar-refractivity contribution >= 4 is 38.6 Å². The highest BCUT2D eigenvalue weighted by Crippen LogP contribution is 2.20. The number of hydrogen-bond acceptors (Lipinski definition) is 5. The Bertz CT molecular complexity index is 1430. The second-order valence-electron chi connectivity index (χ2n) is 9.73. The predicted molar refractivity (Wildman–Crippen MR) is 150 cm³/mol. The van der Waals surface area contributed by atoms with Gasteiger partial charge in [-0.2, -0.15) is 4.72 Å². The van der Waals surface area contributed by atoms with Crippen molar-refractivity contribution in [1.29, 1.82) is 5.41 Å². The molecule has 206 valence electrons. The number of piperidine rings is 1. The molecule has 0 unspecified atom stereocenters. The van der Waals surface area contributed by atoms with E-state index in [-0.39, 0.29) is 29.7 Å². The first-order valence-electron chi connectivity index (χ1n) is 12.9. The minimum absolute atomic E-state index is 0.00396. The van der Waals surface area contributed by atoms with Gasteiger partial charge in [0.2, 0.25) is 21.8 Å². The van der Waals surface area contributed by atoms with E-state index in [1.165, 1.54) is 6.07 Å². The number of nitrogens with one attached hydrogen (secondary N) is 4. The van der Waals surface area contributed by atoms with Crippen molar-refractivity contribution in [2.45, 2.75) is 36.7 Å². The lowest BCUT2D eigenvalue weighted by atomic mass is 9.98. The predicted octanol–water partition coefficient (Wildman–Crippen LogP) is 1.91. The number of hydrogen-bond donors (Lipinski definition) is 5. The van der Waals surface area contributed by atoms with E-state index in [0.717, 1.165) is 29.2 Å². The fraction of sp³-hybridized carbons (Fsp3) is 0.321. The van der Waals surface area contributed by atoms with Crippen molar-refractivity contribution in [2.75, 3.05) is 19.6 Å². The number of guanidine groups is 1. The number of amides is 2. The molecule has 2 atom stereocenters. The number of sulfonamides is 1. The number of nitrogens with two attached hydrogens (primary N) is 1. The van der Waals surface area contributed by atoms with E-state index in [4.69, 9.17) is 11.1 Å². The number of carbonyl (C=O) groups excluding carboxylic acids is 2. The Hall–Kier alpha value is -3.96. The summed E-state index contributed by atoms with van der Waals surface area (Å²) in [6.45, 7) is 1.81. The summed E-state index contributed by atoms with van der Waals surface area (Å²) in [6.07, 6.45) is 1.37. The van der Waals surface area contributed by atoms with Gasteiger partial charge in [0, 0.05) is 26.2 Å². The third-order valence-electron chi connectivity index (χ3n) is 6.79. The molecule has 1 aliphatic rings. The lowest BCUT2D eigenvalue weighted by Gasteiger charge is -2.33. The fourth-order valence-electron chi connectivity index (χ4n) is 4.65. The molecular weight excluding hydrogens is 516 g/mol. The maximum Gasteiger partial charge on any atom is 0.241 e. The van der Waals surface area contributed by atoms with E-state index in [2.05, 4.69) is 15.4 Å². The molecule has 1 aliphatic heterocycles. The quantitative estimate of drug-likeness (QED) is 0.192. The van der Waals surface area contributed by atoms with Crippen molar-refractivity contribution < 1.29 is 18.0 Å². The van der Waals surface area contributed by atoms with Gasteiger partial charge in [0.05, 0.1) is 11.3 Å². The SMILES string of the molecule is N=C(N)N1CCC[C@@H](CNC(=O)C[C@@H](NS(=O)(=O)c2ccc3ccccc3c2)C(=O)NCc2ccccc2)C1. The lowest BCUT2D eigenvalue weighted by Crippen LogP contribution is -2.50. The minimum atomic E-state index is -4.11. The van der Waals surface area contributed by atoms with Gasteiger partial charge in [-0.1, -0.05) is 60.7 Å². The molecule has 6 N–H and O–H groups in total. The number of fused-ring (bicyclic) bond motifs is 1. The highest BCUT2D eigenvalue weighted by molar-refractivity contribution is 7.89. The van der Waals surface area contributed by atoms with E-state index < -0.39 is 27.9 Å². The van der Waals surface area contributed by atoms with Gasteiger partial charge in [-0.25, -0.2) is 8.42 Å². The Morgan fingerprint density at radius 2 is 1.72 bits per heavy atom. The molecule has 0 saturated carbocycles. The molecule has 0 radical (unpaired) electrons. The van der Waals surface area contributed by atoms with Crippen LogP contribution in [0.2, 0.25) is 0 Å². The van der Waals surface area contributed by atoms with Gasteiger partial charge in [-0.05, 0) is 47.2 Å². The molecule has 1 heterocycles. The summed E-state index contributed by atoms with van der Waals surface area (Å²) in [4.78, 5) is 27.8. The number of rotatable bonds is 10. The second-order valence-corrected chi connectivity index (χ2v) is 11.4. The molecule has 11 heteroatoms. The maximum atomic E-state index is 13.3. The Labute approximate surface area is 228 Å². The summed E-state index contributed by atoms with van der Waals surface area (Å²) in [7, 11) is -4.11. The van der Waals surface area contributed by atoms with Crippen LogP contribution in [0, 0.1) is 11.3 Å². The summed E-state index contributed by atoms with van der Waals surface area (Å²) >= 11 is 0. The van der Waals surface area contributed by atoms with E-state index in [0.29, 0.717) is 19.6 Å². The third-order valence-corrected chi connectivity index (χ3v) is 8.26. The zero-order chi connectivity index (χ0) is 27.8. The molecule has 0 aromatic heterocycles. The summed E-state index contributed by atoms with van der Waals surface area (Å²) in [6, 6.07) is 20.0. The van der Waals surface area contributed by atoms with Crippen LogP contribution in [0.1, 0.15) is 24.8 Å². The first-order chi connectivity index (χ1) is 18.7. The van der Waals surface area contributed by atoms with E-state index in [1.807, 2.05) is 54.6 Å². The van der Waals surface area contributed by atoms with Crippen LogP contribution in [0.5, 0.6) is 0 Å². The van der Waals surface area contributed by atoms with Crippen LogP contribution in [0.25, 0.3) is 10.8 Å². The highest BCUT2D eigenvalue weighted by Gasteiger charge is 2.29. The molecule has 0 bridgehead atoms. The molecule has 0 aliphatic carbocycles. The van der Waals surface area contributed by atoms with Crippen LogP contribution >= 0.6 is 0 Å². The molecular formula is C28H34N6O4S. The molecule has 1 fully saturated rings. The molecule has 4 rings (SSSR count). The highest BCUT2D eigenvalue weighted by atomic mass is 32.2. The Morgan fingerprint density at radius 1 is 1.00 bits per heavy atom. The van der Waals surface area contributed by atoms with Crippen molar-refractivity contribution in [3.05, 3.63) is 78.4 Å². The summed E-state index contributed by atoms with van der Waals surface area (Å²) < 4.78 is 29.0. The minimum Gasteiger partial charge on any atom is -0.370 e. The van der Waals surface area contributed by atoms with Crippen molar-refractivity contribution in [3.63, 3.8) is 0 Å². The first kappa shape index (κ1) is 28.1. The second kappa shape index (κ2) is 12.7. The van der Waals surface area contributed by atoms with E-state index in [1.54, 1.807) is 17.0 Å². The van der Waals surface area contributed by atoms with Gasteiger partial charge in [0.1, 0.15) is 6.04 Å². The number of likely N-dealkylation sites (tertiary alicyclic amines) is 1. The number of carbonyl (C=O) groups is 2. The van der Waals surface area contributed by atoms with Crippen LogP contribution < -0.4 is 21.1 Å². The Balaban J connectivity index is 1.45. The van der Waals surface area contributed by atoms with Crippen molar-refractivity contribution in [3.8, 4) is 0 Å². The Kier molecular flexibility index (Phi) is 9.15. The number of nitrogens with zero attached hydrogens (tertiary/aromatic N) is 1. The van der Waals surface area contributed by atoms with Gasteiger partial charge in [0.15, 0.2) is 5.96 Å². The molecule has 0 spiro atoms. The third kappa shape index (κ3) is 7.78. The van der Waals surface area contributed by atoms with E-state index in [9.17, 15) is 18.0 Å². The van der Waals surface area contributed by atoms with E-state index >= 15 is 0 Å². The fourth-order valence-corrected chi connectivity index (χ4v) is 5.88. The van der Waals surface area contributed by atoms with Crippen LogP contribution in [-0.2, 0) is 26.2 Å².